The maximum atomic E-state index is 12.6. The number of piperazine rings is 1. The van der Waals surface area contributed by atoms with E-state index in [2.05, 4.69) is 22.9 Å². The first-order valence-corrected chi connectivity index (χ1v) is 6.73. The lowest BCUT2D eigenvalue weighted by atomic mass is 10.1. The van der Waals surface area contributed by atoms with Crippen LogP contribution in [0.25, 0.3) is 10.9 Å². The monoisotopic (exact) mass is 257 g/mol. The summed E-state index contributed by atoms with van der Waals surface area (Å²) in [6.45, 7) is 5.44. The Morgan fingerprint density at radius 1 is 1.26 bits per heavy atom. The highest BCUT2D eigenvalue weighted by Crippen LogP contribution is 2.24. The smallest absolute Gasteiger partial charge is 0.256 e. The largest absolute Gasteiger partial charge is 0.350 e. The normalized spacial score (nSPS) is 16.0. The van der Waals surface area contributed by atoms with E-state index in [1.54, 1.807) is 0 Å². The summed E-state index contributed by atoms with van der Waals surface area (Å²) >= 11 is 0. The van der Waals surface area contributed by atoms with Crippen molar-refractivity contribution in [2.45, 2.75) is 6.92 Å². The number of rotatable bonds is 1. The molecule has 0 aliphatic carbocycles. The highest BCUT2D eigenvalue weighted by atomic mass is 16.2. The predicted octanol–water partition coefficient (Wildman–Crippen LogP) is 1.53. The van der Waals surface area contributed by atoms with Gasteiger partial charge in [0.25, 0.3) is 5.91 Å². The van der Waals surface area contributed by atoms with Crippen molar-refractivity contribution in [3.05, 3.63) is 35.5 Å². The number of aromatic nitrogens is 1. The van der Waals surface area contributed by atoms with E-state index in [0.29, 0.717) is 0 Å². The van der Waals surface area contributed by atoms with Crippen LogP contribution in [-0.4, -0.2) is 41.6 Å². The minimum absolute atomic E-state index is 0.151. The van der Waals surface area contributed by atoms with Crippen LogP contribution in [0.1, 0.15) is 15.9 Å². The van der Waals surface area contributed by atoms with E-state index in [0.717, 1.165) is 42.6 Å². The quantitative estimate of drug-likeness (QED) is 0.841. The van der Waals surface area contributed by atoms with Crippen LogP contribution in [0.3, 0.4) is 0 Å². The molecule has 1 saturated heterocycles. The van der Waals surface area contributed by atoms with Gasteiger partial charge in [0.1, 0.15) is 0 Å². The third-order valence-electron chi connectivity index (χ3n) is 3.84. The molecule has 0 radical (unpaired) electrons. The van der Waals surface area contributed by atoms with Crippen molar-refractivity contribution in [1.82, 2.24) is 14.8 Å². The summed E-state index contributed by atoms with van der Waals surface area (Å²) in [6.07, 6.45) is 1.96. The van der Waals surface area contributed by atoms with Crippen molar-refractivity contribution in [2.75, 3.05) is 26.2 Å². The Bertz CT molecular complexity index is 624. The first kappa shape index (κ1) is 12.2. The highest BCUT2D eigenvalue weighted by molar-refractivity contribution is 6.07. The fraction of sp³-hybridized carbons (Fsp3) is 0.400. The Morgan fingerprint density at radius 2 is 2.00 bits per heavy atom. The lowest BCUT2D eigenvalue weighted by Gasteiger charge is -2.27. The zero-order valence-electron chi connectivity index (χ0n) is 11.4. The van der Waals surface area contributed by atoms with Gasteiger partial charge in [-0.3, -0.25) is 4.79 Å². The van der Waals surface area contributed by atoms with Crippen molar-refractivity contribution in [1.29, 1.82) is 0 Å². The van der Waals surface area contributed by atoms with E-state index >= 15 is 0 Å². The molecule has 1 aliphatic rings. The molecule has 19 heavy (non-hydrogen) atoms. The van der Waals surface area contributed by atoms with Crippen LogP contribution in [0.5, 0.6) is 0 Å². The summed E-state index contributed by atoms with van der Waals surface area (Å²) in [5.74, 6) is 0.151. The standard InChI is InChI=1S/C15H19N3O/c1-11-4-3-5-12-13(10-17(2)14(11)12)15(19)18-8-6-16-7-9-18/h3-5,10,16H,6-9H2,1-2H3. The number of amides is 1. The SMILES string of the molecule is Cc1cccc2c(C(=O)N3CCNCC3)cn(C)c12. The molecule has 1 aromatic carbocycles. The number of nitrogens with one attached hydrogen (secondary N) is 1. The molecule has 0 bridgehead atoms. The van der Waals surface area contributed by atoms with Crippen LogP contribution >= 0.6 is 0 Å². The van der Waals surface area contributed by atoms with E-state index in [1.165, 1.54) is 5.56 Å². The minimum Gasteiger partial charge on any atom is -0.350 e. The lowest BCUT2D eigenvalue weighted by Crippen LogP contribution is -2.46. The van der Waals surface area contributed by atoms with Crippen molar-refractivity contribution in [2.24, 2.45) is 7.05 Å². The van der Waals surface area contributed by atoms with Crippen molar-refractivity contribution >= 4 is 16.8 Å². The minimum atomic E-state index is 0.151. The summed E-state index contributed by atoms with van der Waals surface area (Å²) in [5.41, 5.74) is 3.18. The molecule has 0 unspecified atom stereocenters. The van der Waals surface area contributed by atoms with Crippen molar-refractivity contribution in [3.8, 4) is 0 Å². The second-order valence-corrected chi connectivity index (χ2v) is 5.17. The van der Waals surface area contributed by atoms with Gasteiger partial charge >= 0.3 is 0 Å². The van der Waals surface area contributed by atoms with Crippen LogP contribution < -0.4 is 5.32 Å². The van der Waals surface area contributed by atoms with E-state index in [1.807, 2.05) is 30.3 Å². The van der Waals surface area contributed by atoms with E-state index in [9.17, 15) is 4.79 Å². The Balaban J connectivity index is 2.05. The van der Waals surface area contributed by atoms with Crippen LogP contribution in [0.2, 0.25) is 0 Å². The molecule has 2 heterocycles. The number of aryl methyl sites for hydroxylation is 2. The van der Waals surface area contributed by atoms with E-state index < -0.39 is 0 Å². The molecule has 0 spiro atoms. The molecule has 100 valence electrons. The topological polar surface area (TPSA) is 37.3 Å². The first-order valence-electron chi connectivity index (χ1n) is 6.73. The molecule has 2 aromatic rings. The molecular weight excluding hydrogens is 238 g/mol. The van der Waals surface area contributed by atoms with Gasteiger partial charge in [0.2, 0.25) is 0 Å². The van der Waals surface area contributed by atoms with Gasteiger partial charge in [-0.25, -0.2) is 0 Å². The lowest BCUT2D eigenvalue weighted by molar-refractivity contribution is 0.0737. The van der Waals surface area contributed by atoms with Crippen LogP contribution in [0, 0.1) is 6.92 Å². The summed E-state index contributed by atoms with van der Waals surface area (Å²) in [7, 11) is 2.00. The van der Waals surface area contributed by atoms with Crippen molar-refractivity contribution < 1.29 is 4.79 Å². The van der Waals surface area contributed by atoms with Gasteiger partial charge in [0.15, 0.2) is 0 Å². The van der Waals surface area contributed by atoms with Gasteiger partial charge in [-0.1, -0.05) is 18.2 Å². The molecule has 3 rings (SSSR count). The van der Waals surface area contributed by atoms with Gasteiger partial charge in [0.05, 0.1) is 11.1 Å². The Hall–Kier alpha value is -1.81. The van der Waals surface area contributed by atoms with Crippen LogP contribution in [0.4, 0.5) is 0 Å². The Morgan fingerprint density at radius 3 is 2.74 bits per heavy atom. The molecule has 1 fully saturated rings. The molecule has 1 aromatic heterocycles. The van der Waals surface area contributed by atoms with Gasteiger partial charge < -0.3 is 14.8 Å². The third kappa shape index (κ3) is 2.02. The number of benzene rings is 1. The van der Waals surface area contributed by atoms with E-state index in [-0.39, 0.29) is 5.91 Å². The molecule has 4 nitrogen and oxygen atoms in total. The molecule has 1 N–H and O–H groups in total. The predicted molar refractivity (Wildman–Crippen MR) is 76.4 cm³/mol. The number of fused-ring (bicyclic) bond motifs is 1. The summed E-state index contributed by atoms with van der Waals surface area (Å²) in [5, 5.41) is 4.33. The molecule has 4 heteroatoms. The molecule has 0 saturated carbocycles. The van der Waals surface area contributed by atoms with Gasteiger partial charge in [0, 0.05) is 44.8 Å². The Labute approximate surface area is 113 Å². The van der Waals surface area contributed by atoms with Gasteiger partial charge in [-0.2, -0.15) is 0 Å². The van der Waals surface area contributed by atoms with Crippen LogP contribution in [-0.2, 0) is 7.05 Å². The maximum Gasteiger partial charge on any atom is 0.256 e. The number of nitrogens with zero attached hydrogens (tertiary/aromatic N) is 2. The van der Waals surface area contributed by atoms with E-state index in [4.69, 9.17) is 0 Å². The van der Waals surface area contributed by atoms with Gasteiger partial charge in [-0.15, -0.1) is 0 Å². The summed E-state index contributed by atoms with van der Waals surface area (Å²) in [6, 6.07) is 6.14. The zero-order valence-corrected chi connectivity index (χ0v) is 11.4. The zero-order chi connectivity index (χ0) is 13.4. The molecule has 1 amide bonds. The number of para-hydroxylation sites is 1. The summed E-state index contributed by atoms with van der Waals surface area (Å²) in [4.78, 5) is 14.6. The first-order chi connectivity index (χ1) is 9.18. The maximum absolute atomic E-state index is 12.6. The fourth-order valence-electron chi connectivity index (χ4n) is 2.88. The fourth-order valence-corrected chi connectivity index (χ4v) is 2.88. The van der Waals surface area contributed by atoms with Crippen molar-refractivity contribution in [3.63, 3.8) is 0 Å². The molecular formula is C15H19N3O. The Kier molecular flexibility index (Phi) is 3.03. The van der Waals surface area contributed by atoms with Gasteiger partial charge in [-0.05, 0) is 12.5 Å². The number of carbonyl (C=O) groups is 1. The molecule has 1 aliphatic heterocycles. The highest BCUT2D eigenvalue weighted by Gasteiger charge is 2.21. The second-order valence-electron chi connectivity index (χ2n) is 5.17. The average molecular weight is 257 g/mol. The number of hydrogen-bond donors (Lipinski definition) is 1. The molecule has 0 atom stereocenters. The number of hydrogen-bond acceptors (Lipinski definition) is 2. The third-order valence-corrected chi connectivity index (χ3v) is 3.84. The second kappa shape index (κ2) is 4.70. The average Bonchev–Trinajstić information content (AvgIpc) is 2.78. The summed E-state index contributed by atoms with van der Waals surface area (Å²) < 4.78 is 2.06. The number of carbonyl (C=O) groups excluding carboxylic acids is 1. The van der Waals surface area contributed by atoms with Crippen LogP contribution in [0.15, 0.2) is 24.4 Å².